The van der Waals surface area contributed by atoms with Crippen molar-refractivity contribution in [3.05, 3.63) is 22.8 Å². The van der Waals surface area contributed by atoms with Crippen LogP contribution in [0.15, 0.2) is 22.8 Å². The monoisotopic (exact) mass is 255 g/mol. The predicted octanol–water partition coefficient (Wildman–Crippen LogP) is 2.01. The molecule has 1 aliphatic rings. The summed E-state index contributed by atoms with van der Waals surface area (Å²) in [5.74, 6) is 0.929. The number of aromatic nitrogens is 1. The summed E-state index contributed by atoms with van der Waals surface area (Å²) in [5.41, 5.74) is 0.136. The highest BCUT2D eigenvalue weighted by atomic mass is 79.9. The molecule has 0 saturated carbocycles. The Morgan fingerprint density at radius 2 is 2.50 bits per heavy atom. The minimum Gasteiger partial charge on any atom is -0.363 e. The largest absolute Gasteiger partial charge is 0.363 e. The first-order chi connectivity index (χ1) is 6.70. The molecule has 2 N–H and O–H groups in total. The molecule has 1 fully saturated rings. The van der Waals surface area contributed by atoms with Crippen LogP contribution in [0.2, 0.25) is 0 Å². The van der Waals surface area contributed by atoms with Gasteiger partial charge in [0.15, 0.2) is 0 Å². The summed E-state index contributed by atoms with van der Waals surface area (Å²) in [6.45, 7) is 4.29. The van der Waals surface area contributed by atoms with Crippen LogP contribution < -0.4 is 10.6 Å². The van der Waals surface area contributed by atoms with Crippen molar-refractivity contribution < 1.29 is 0 Å². The van der Waals surface area contributed by atoms with Gasteiger partial charge in [-0.2, -0.15) is 0 Å². The van der Waals surface area contributed by atoms with E-state index in [1.807, 2.05) is 12.1 Å². The van der Waals surface area contributed by atoms with Crippen molar-refractivity contribution in [1.82, 2.24) is 10.3 Å². The summed E-state index contributed by atoms with van der Waals surface area (Å²) < 4.78 is 1.02. The van der Waals surface area contributed by atoms with Crippen molar-refractivity contribution in [2.75, 3.05) is 18.4 Å². The zero-order valence-electron chi connectivity index (χ0n) is 8.18. The summed E-state index contributed by atoms with van der Waals surface area (Å²) in [5, 5.41) is 6.81. The van der Waals surface area contributed by atoms with Crippen LogP contribution in [0.4, 0.5) is 5.82 Å². The van der Waals surface area contributed by atoms with E-state index in [0.29, 0.717) is 0 Å². The Kier molecular flexibility index (Phi) is 2.74. The molecule has 76 valence electrons. The van der Waals surface area contributed by atoms with Gasteiger partial charge in [-0.1, -0.05) is 0 Å². The standard InChI is InChI=1S/C10H14BrN3/c1-10(4-6-12-7-10)14-9-8(11)3-2-5-13-9/h2-3,5,12H,4,6-7H2,1H3,(H,13,14). The highest BCUT2D eigenvalue weighted by Gasteiger charge is 2.28. The lowest BCUT2D eigenvalue weighted by Gasteiger charge is -2.25. The summed E-state index contributed by atoms with van der Waals surface area (Å²) >= 11 is 3.48. The Hall–Kier alpha value is -0.610. The van der Waals surface area contributed by atoms with Crippen molar-refractivity contribution >= 4 is 21.7 Å². The maximum absolute atomic E-state index is 4.30. The molecule has 2 rings (SSSR count). The predicted molar refractivity (Wildman–Crippen MR) is 61.5 cm³/mol. The van der Waals surface area contributed by atoms with Crippen LogP contribution in [0, 0.1) is 0 Å². The molecule has 0 aliphatic carbocycles. The second-order valence-corrected chi connectivity index (χ2v) is 4.80. The van der Waals surface area contributed by atoms with Crippen LogP contribution in [-0.4, -0.2) is 23.6 Å². The number of anilines is 1. The van der Waals surface area contributed by atoms with Crippen molar-refractivity contribution in [1.29, 1.82) is 0 Å². The molecule has 2 heterocycles. The number of hydrogen-bond acceptors (Lipinski definition) is 3. The molecule has 1 unspecified atom stereocenters. The molecule has 1 aromatic heterocycles. The van der Waals surface area contributed by atoms with Gasteiger partial charge in [0.25, 0.3) is 0 Å². The molecule has 4 heteroatoms. The molecule has 1 saturated heterocycles. The van der Waals surface area contributed by atoms with E-state index in [-0.39, 0.29) is 5.54 Å². The van der Waals surface area contributed by atoms with Gasteiger partial charge in [0.2, 0.25) is 0 Å². The van der Waals surface area contributed by atoms with E-state index in [1.54, 1.807) is 6.20 Å². The van der Waals surface area contributed by atoms with Gasteiger partial charge in [-0.25, -0.2) is 4.98 Å². The zero-order chi connectivity index (χ0) is 10.0. The van der Waals surface area contributed by atoms with Crippen LogP contribution in [0.1, 0.15) is 13.3 Å². The summed E-state index contributed by atoms with van der Waals surface area (Å²) in [7, 11) is 0. The summed E-state index contributed by atoms with van der Waals surface area (Å²) in [6.07, 6.45) is 2.94. The molecule has 1 atom stereocenters. The SMILES string of the molecule is CC1(Nc2ncccc2Br)CCNC1. The minimum absolute atomic E-state index is 0.136. The van der Waals surface area contributed by atoms with Gasteiger partial charge in [0, 0.05) is 18.3 Å². The second kappa shape index (κ2) is 3.87. The fraction of sp³-hybridized carbons (Fsp3) is 0.500. The number of pyridine rings is 1. The third kappa shape index (κ3) is 2.07. The Bertz CT molecular complexity index is 321. The van der Waals surface area contributed by atoms with E-state index in [0.717, 1.165) is 29.8 Å². The van der Waals surface area contributed by atoms with Crippen molar-refractivity contribution in [2.24, 2.45) is 0 Å². The molecule has 3 nitrogen and oxygen atoms in total. The van der Waals surface area contributed by atoms with Gasteiger partial charge in [-0.3, -0.25) is 0 Å². The molecule has 0 bridgehead atoms. The lowest BCUT2D eigenvalue weighted by atomic mass is 10.0. The fourth-order valence-electron chi connectivity index (χ4n) is 1.69. The lowest BCUT2D eigenvalue weighted by molar-refractivity contribution is 0.564. The Morgan fingerprint density at radius 3 is 3.14 bits per heavy atom. The lowest BCUT2D eigenvalue weighted by Crippen LogP contribution is -2.37. The van der Waals surface area contributed by atoms with Crippen molar-refractivity contribution in [3.63, 3.8) is 0 Å². The first-order valence-electron chi connectivity index (χ1n) is 4.79. The first kappa shape index (κ1) is 9.93. The van der Waals surface area contributed by atoms with Crippen LogP contribution in [0.3, 0.4) is 0 Å². The molecule has 0 amide bonds. The molecular formula is C10H14BrN3. The number of nitrogens with one attached hydrogen (secondary N) is 2. The van der Waals surface area contributed by atoms with Gasteiger partial charge < -0.3 is 10.6 Å². The van der Waals surface area contributed by atoms with E-state index in [2.05, 4.69) is 38.5 Å². The third-order valence-electron chi connectivity index (χ3n) is 2.55. The van der Waals surface area contributed by atoms with Crippen LogP contribution in [0.5, 0.6) is 0 Å². The maximum atomic E-state index is 4.30. The maximum Gasteiger partial charge on any atom is 0.140 e. The second-order valence-electron chi connectivity index (χ2n) is 3.95. The molecule has 14 heavy (non-hydrogen) atoms. The number of halogens is 1. The van der Waals surface area contributed by atoms with Crippen LogP contribution in [-0.2, 0) is 0 Å². The fourth-order valence-corrected chi connectivity index (χ4v) is 2.04. The topological polar surface area (TPSA) is 37.0 Å². The highest BCUT2D eigenvalue weighted by Crippen LogP contribution is 2.25. The average Bonchev–Trinajstić information content (AvgIpc) is 2.57. The summed E-state index contributed by atoms with van der Waals surface area (Å²) in [4.78, 5) is 4.30. The summed E-state index contributed by atoms with van der Waals surface area (Å²) in [6, 6.07) is 3.92. The first-order valence-corrected chi connectivity index (χ1v) is 5.58. The highest BCUT2D eigenvalue weighted by molar-refractivity contribution is 9.10. The van der Waals surface area contributed by atoms with Crippen LogP contribution in [0.25, 0.3) is 0 Å². The van der Waals surface area contributed by atoms with Crippen molar-refractivity contribution in [2.45, 2.75) is 18.9 Å². The van der Waals surface area contributed by atoms with E-state index >= 15 is 0 Å². The Morgan fingerprint density at radius 1 is 1.64 bits per heavy atom. The molecule has 0 spiro atoms. The van der Waals surface area contributed by atoms with Gasteiger partial charge in [-0.15, -0.1) is 0 Å². The van der Waals surface area contributed by atoms with E-state index in [1.165, 1.54) is 0 Å². The van der Waals surface area contributed by atoms with Gasteiger partial charge >= 0.3 is 0 Å². The number of hydrogen-bond donors (Lipinski definition) is 2. The molecule has 0 radical (unpaired) electrons. The quantitative estimate of drug-likeness (QED) is 0.849. The number of nitrogens with zero attached hydrogens (tertiary/aromatic N) is 1. The van der Waals surface area contributed by atoms with Gasteiger partial charge in [-0.05, 0) is 48.0 Å². The van der Waals surface area contributed by atoms with E-state index in [4.69, 9.17) is 0 Å². The minimum atomic E-state index is 0.136. The normalized spacial score (nSPS) is 26.4. The van der Waals surface area contributed by atoms with E-state index < -0.39 is 0 Å². The smallest absolute Gasteiger partial charge is 0.140 e. The van der Waals surface area contributed by atoms with Crippen LogP contribution >= 0.6 is 15.9 Å². The average molecular weight is 256 g/mol. The van der Waals surface area contributed by atoms with E-state index in [9.17, 15) is 0 Å². The Labute approximate surface area is 92.4 Å². The van der Waals surface area contributed by atoms with Crippen molar-refractivity contribution in [3.8, 4) is 0 Å². The zero-order valence-corrected chi connectivity index (χ0v) is 9.76. The number of rotatable bonds is 2. The third-order valence-corrected chi connectivity index (χ3v) is 3.19. The molecule has 1 aromatic rings. The molecular weight excluding hydrogens is 242 g/mol. The molecule has 1 aliphatic heterocycles. The Balaban J connectivity index is 2.14. The van der Waals surface area contributed by atoms with Gasteiger partial charge in [0.1, 0.15) is 5.82 Å². The van der Waals surface area contributed by atoms with Gasteiger partial charge in [0.05, 0.1) is 4.47 Å². The molecule has 0 aromatic carbocycles.